The Morgan fingerprint density at radius 3 is 0.413 bits per heavy atom. The number of benzene rings is 19. The van der Waals surface area contributed by atoms with E-state index in [-0.39, 0.29) is 0 Å². The van der Waals surface area contributed by atoms with E-state index in [1.807, 2.05) is 277 Å². The lowest BCUT2D eigenvalue weighted by Gasteiger charge is -2.09. The zero-order chi connectivity index (χ0) is 108. The van der Waals surface area contributed by atoms with Crippen LogP contribution >= 0.6 is 0 Å². The van der Waals surface area contributed by atoms with Gasteiger partial charge < -0.3 is 0 Å². The van der Waals surface area contributed by atoms with Gasteiger partial charge in [-0.15, -0.1) is 0 Å². The molecule has 0 spiro atoms. The molecule has 0 saturated heterocycles. The van der Waals surface area contributed by atoms with Crippen LogP contribution in [0.4, 0.5) is 0 Å². The molecule has 0 unspecified atom stereocenters. The highest BCUT2D eigenvalue weighted by atomic mass is 14.1. The Hall–Kier alpha value is -11.4. The monoisotopic (exact) mass is 1860 g/mol. The van der Waals surface area contributed by atoms with Gasteiger partial charge in [0.15, 0.2) is 0 Å². The third-order valence-electron chi connectivity index (χ3n) is 19.8. The van der Waals surface area contributed by atoms with E-state index in [1.54, 1.807) is 0 Å². The van der Waals surface area contributed by atoms with Crippen molar-refractivity contribution < 1.29 is 0 Å². The second-order valence-electron chi connectivity index (χ2n) is 27.0. The quantitative estimate of drug-likeness (QED) is 0.133. The molecule has 19 aromatic rings. The highest BCUT2D eigenvalue weighted by Crippen LogP contribution is 2.37. The molecule has 0 atom stereocenters. The van der Waals surface area contributed by atoms with Crippen molar-refractivity contribution >= 4 is 140 Å². The minimum absolute atomic E-state index is 1.32. The summed E-state index contributed by atoms with van der Waals surface area (Å²) in [5.41, 5.74) is 13.3. The molecule has 0 aliphatic rings. The number of hydrogen-bond acceptors (Lipinski definition) is 0. The van der Waals surface area contributed by atoms with Crippen LogP contribution in [0.15, 0.2) is 315 Å². The third kappa shape index (κ3) is 42.1. The van der Waals surface area contributed by atoms with Crippen LogP contribution in [0, 0.1) is 69.2 Å². The van der Waals surface area contributed by atoms with Crippen molar-refractivity contribution in [2.45, 2.75) is 346 Å². The van der Waals surface area contributed by atoms with Gasteiger partial charge in [0.05, 0.1) is 0 Å². The Morgan fingerprint density at radius 1 is 0.0870 bits per heavy atom. The first-order chi connectivity index (χ1) is 67.7. The van der Waals surface area contributed by atoms with Gasteiger partial charge in [0, 0.05) is 0 Å². The van der Waals surface area contributed by atoms with E-state index in [0.29, 0.717) is 0 Å². The summed E-state index contributed by atoms with van der Waals surface area (Å²) in [5.74, 6) is 0. The van der Waals surface area contributed by atoms with Crippen LogP contribution in [0.3, 0.4) is 0 Å². The molecule has 138 heavy (non-hydrogen) atoms. The minimum atomic E-state index is 1.32. The molecule has 0 N–H and O–H groups in total. The van der Waals surface area contributed by atoms with Crippen molar-refractivity contribution in [2.24, 2.45) is 0 Å². The molecule has 0 heterocycles. The van der Waals surface area contributed by atoms with E-state index < -0.39 is 0 Å². The molecule has 0 aromatic heterocycles. The zero-order valence-electron chi connectivity index (χ0n) is 98.0. The third-order valence-corrected chi connectivity index (χ3v) is 19.8. The molecular formula is C138H202. The maximum atomic E-state index is 2.27. The maximum absolute atomic E-state index is 2.27. The van der Waals surface area contributed by atoms with Crippen LogP contribution in [-0.2, 0) is 0 Å². The molecule has 0 saturated carbocycles. The first-order valence-electron chi connectivity index (χ1n) is 54.4. The Kier molecular flexibility index (Phi) is 89.3. The Bertz CT molecular complexity index is 5710. The predicted octanol–water partition coefficient (Wildman–Crippen LogP) is 48.7. The summed E-state index contributed by atoms with van der Waals surface area (Å²) in [6, 6.07) is 114. The molecule has 0 radical (unpaired) electrons. The molecule has 19 aromatic carbocycles. The van der Waals surface area contributed by atoms with Crippen LogP contribution < -0.4 is 0 Å². The lowest BCUT2D eigenvalue weighted by atomic mass is 9.95. The van der Waals surface area contributed by atoms with E-state index >= 15 is 0 Å². The fourth-order valence-electron chi connectivity index (χ4n) is 14.6. The van der Waals surface area contributed by atoms with Gasteiger partial charge in [-0.1, -0.05) is 626 Å². The summed E-state index contributed by atoms with van der Waals surface area (Å²) >= 11 is 0. The summed E-state index contributed by atoms with van der Waals surface area (Å²) < 4.78 is 0. The summed E-state index contributed by atoms with van der Waals surface area (Å²) in [6.45, 7) is 102. The van der Waals surface area contributed by atoms with Gasteiger partial charge in [0.2, 0.25) is 0 Å². The van der Waals surface area contributed by atoms with E-state index in [2.05, 4.69) is 385 Å². The average Bonchev–Trinajstić information content (AvgIpc) is 0.745. The summed E-state index contributed by atoms with van der Waals surface area (Å²) in [6.07, 6.45) is 0. The second-order valence-corrected chi connectivity index (χ2v) is 27.0. The van der Waals surface area contributed by atoms with Crippen LogP contribution in [0.25, 0.3) is 140 Å². The molecule has 0 nitrogen and oxygen atoms in total. The zero-order valence-corrected chi connectivity index (χ0v) is 98.0. The highest BCUT2D eigenvalue weighted by Gasteiger charge is 2.10. The first-order valence-corrected chi connectivity index (χ1v) is 54.4. The van der Waals surface area contributed by atoms with Gasteiger partial charge in [0.25, 0.3) is 0 Å². The normalized spacial score (nSPS) is 8.80. The molecule has 0 aliphatic heterocycles. The molecule has 0 bridgehead atoms. The maximum Gasteiger partial charge on any atom is -0.00990 e. The standard InChI is InChI=1S/C18H12.5C16H14.20C2H6/c1-2-8-14-13(7-1)15-9-3-4-11-17(15)18-12-6-5-10-16(14)18;1-11-3-7-15-13(9-11)5-6-14-10-12(2)4-8-16(14)15;1-11-3-5-13-7-8-14-6-4-12(2)10-16(14)15(13)9-11;1-11-5-3-7-15-13(11)9-10-14-12(2)6-4-8-16(14)15;2*1-11-6-8-15-13(10-11)7-9-14-12(2)4-3-5-16(14)15;20*1-2/h1-12H;5*3-10H,1-2H3;20*1-2H3. The van der Waals surface area contributed by atoms with Crippen molar-refractivity contribution in [3.63, 3.8) is 0 Å². The molecular weight excluding hydrogens is 1660 g/mol. The molecule has 0 heteroatoms. The van der Waals surface area contributed by atoms with Gasteiger partial charge >= 0.3 is 0 Å². The van der Waals surface area contributed by atoms with Crippen LogP contribution in [-0.4, -0.2) is 0 Å². The average molecular weight is 1860 g/mol. The number of fused-ring (bicyclic) bond motifs is 21. The smallest absolute Gasteiger partial charge is 0.00990 e. The fourth-order valence-corrected chi connectivity index (χ4v) is 14.6. The molecule has 0 amide bonds. The van der Waals surface area contributed by atoms with Crippen molar-refractivity contribution in [2.75, 3.05) is 0 Å². The topological polar surface area (TPSA) is 0 Å². The lowest BCUT2D eigenvalue weighted by Crippen LogP contribution is -1.82. The number of hydrogen-bond donors (Lipinski definition) is 0. The number of aryl methyl sites for hydroxylation is 10. The number of rotatable bonds is 0. The molecule has 754 valence electrons. The second kappa shape index (κ2) is 88.3. The Balaban J connectivity index is -0.000000278. The predicted molar refractivity (Wildman–Crippen MR) is 661 cm³/mol. The summed E-state index contributed by atoms with van der Waals surface area (Å²) in [7, 11) is 0. The lowest BCUT2D eigenvalue weighted by molar-refractivity contribution is 1.50. The van der Waals surface area contributed by atoms with Crippen molar-refractivity contribution in [1.29, 1.82) is 0 Å². The minimum Gasteiger partial charge on any atom is -0.0683 e. The largest absolute Gasteiger partial charge is 0.0683 e. The van der Waals surface area contributed by atoms with E-state index in [4.69, 9.17) is 0 Å². The van der Waals surface area contributed by atoms with Crippen molar-refractivity contribution in [1.82, 2.24) is 0 Å². The van der Waals surface area contributed by atoms with Crippen LogP contribution in [0.1, 0.15) is 333 Å². The summed E-state index contributed by atoms with van der Waals surface area (Å²) in [5, 5.41) is 35.0. The van der Waals surface area contributed by atoms with Gasteiger partial charge in [-0.05, 0) is 232 Å². The van der Waals surface area contributed by atoms with Crippen LogP contribution in [0.5, 0.6) is 0 Å². The summed E-state index contributed by atoms with van der Waals surface area (Å²) in [4.78, 5) is 0. The van der Waals surface area contributed by atoms with E-state index in [9.17, 15) is 0 Å². The Morgan fingerprint density at radius 2 is 0.210 bits per heavy atom. The van der Waals surface area contributed by atoms with E-state index in [1.165, 1.54) is 196 Å². The molecule has 0 aliphatic carbocycles. The van der Waals surface area contributed by atoms with Gasteiger partial charge in [0.1, 0.15) is 0 Å². The molecule has 19 rings (SSSR count). The Labute approximate surface area is 851 Å². The van der Waals surface area contributed by atoms with E-state index in [0.717, 1.165) is 0 Å². The van der Waals surface area contributed by atoms with Crippen LogP contribution in [0.2, 0.25) is 0 Å². The SMILES string of the molecule is CC.CC.CC.CC.CC.CC.CC.CC.CC.CC.CC.CC.CC.CC.CC.CC.CC.CC.CC.CC.Cc1ccc2c(ccc3c(C)cccc32)c1.Cc1ccc2c(ccc3c(C)cccc32)c1.Cc1ccc2c(ccc3cc(C)ccc32)c1.Cc1ccc2ccc3ccc(C)cc3c2c1.Cc1cccc2c1ccc1c(C)cccc12.c1ccc2c(c1)c1ccccc1c1ccccc21. The van der Waals surface area contributed by atoms with Gasteiger partial charge in [-0.2, -0.15) is 0 Å². The molecule has 0 fully saturated rings. The first kappa shape index (κ1) is 140. The fraction of sp³-hybridized carbons (Fsp3) is 0.362. The highest BCUT2D eigenvalue weighted by molar-refractivity contribution is 6.25. The van der Waals surface area contributed by atoms with Gasteiger partial charge in [-0.25, -0.2) is 0 Å². The van der Waals surface area contributed by atoms with Gasteiger partial charge in [-0.3, -0.25) is 0 Å². The van der Waals surface area contributed by atoms with Crippen molar-refractivity contribution in [3.8, 4) is 0 Å². The van der Waals surface area contributed by atoms with Crippen molar-refractivity contribution in [3.05, 3.63) is 371 Å².